The minimum absolute atomic E-state index is 0.114. The molecular formula is C21H32N2O7S. The van der Waals surface area contributed by atoms with E-state index in [0.29, 0.717) is 44.0 Å². The predicted octanol–water partition coefficient (Wildman–Crippen LogP) is 2.14. The molecule has 0 radical (unpaired) electrons. The van der Waals surface area contributed by atoms with Crippen LogP contribution in [0.15, 0.2) is 23.1 Å². The van der Waals surface area contributed by atoms with Gasteiger partial charge in [-0.15, -0.1) is 0 Å². The summed E-state index contributed by atoms with van der Waals surface area (Å²) >= 11 is 0. The number of nitrogens with one attached hydrogen (secondary N) is 2. The number of benzene rings is 1. The van der Waals surface area contributed by atoms with Crippen LogP contribution in [0.2, 0.25) is 0 Å². The normalized spacial score (nSPS) is 14.6. The zero-order valence-corrected chi connectivity index (χ0v) is 19.3. The quantitative estimate of drug-likeness (QED) is 0.409. The molecule has 9 nitrogen and oxygen atoms in total. The van der Waals surface area contributed by atoms with Crippen LogP contribution in [0.4, 0.5) is 0 Å². The van der Waals surface area contributed by atoms with E-state index < -0.39 is 27.6 Å². The van der Waals surface area contributed by atoms with Crippen LogP contribution in [-0.4, -0.2) is 51.7 Å². The number of unbranched alkanes of at least 4 members (excludes halogenated alkanes) is 2. The van der Waals surface area contributed by atoms with Crippen molar-refractivity contribution in [2.24, 2.45) is 0 Å². The molecule has 2 rings (SSSR count). The standard InChI is InChI=1S/C21H32N2O7S/c1-15(20(25)23-21(2,3)4)30-19(24)8-6-5-7-11-22-31(26,27)16-9-10-17-18(14-16)29-13-12-28-17/h9-10,14-15,22H,5-8,11-13H2,1-4H3,(H,23,25). The first-order chi connectivity index (χ1) is 14.5. The van der Waals surface area contributed by atoms with E-state index in [2.05, 4.69) is 10.0 Å². The molecule has 31 heavy (non-hydrogen) atoms. The molecule has 0 fully saturated rings. The van der Waals surface area contributed by atoms with Gasteiger partial charge in [0.1, 0.15) is 13.2 Å². The topological polar surface area (TPSA) is 120 Å². The number of rotatable bonds is 10. The molecule has 1 aromatic carbocycles. The Bertz CT molecular complexity index is 878. The fourth-order valence-electron chi connectivity index (χ4n) is 2.83. The van der Waals surface area contributed by atoms with E-state index >= 15 is 0 Å². The first-order valence-corrected chi connectivity index (χ1v) is 11.9. The third-order valence-corrected chi connectivity index (χ3v) is 5.81. The van der Waals surface area contributed by atoms with E-state index in [1.165, 1.54) is 19.1 Å². The Labute approximate surface area is 183 Å². The third kappa shape index (κ3) is 8.37. The second kappa shape index (κ2) is 10.8. The zero-order valence-electron chi connectivity index (χ0n) is 18.5. The van der Waals surface area contributed by atoms with E-state index in [0.717, 1.165) is 0 Å². The summed E-state index contributed by atoms with van der Waals surface area (Å²) in [6.45, 7) is 8.15. The van der Waals surface area contributed by atoms with Crippen molar-refractivity contribution >= 4 is 21.9 Å². The number of esters is 1. The summed E-state index contributed by atoms with van der Waals surface area (Å²) in [6.07, 6.45) is 1.06. The highest BCUT2D eigenvalue weighted by molar-refractivity contribution is 7.89. The highest BCUT2D eigenvalue weighted by atomic mass is 32.2. The van der Waals surface area contributed by atoms with E-state index in [-0.39, 0.29) is 23.8 Å². The number of ether oxygens (including phenoxy) is 3. The van der Waals surface area contributed by atoms with E-state index in [9.17, 15) is 18.0 Å². The molecule has 0 aliphatic carbocycles. The summed E-state index contributed by atoms with van der Waals surface area (Å²) in [7, 11) is -3.66. The minimum atomic E-state index is -3.66. The molecule has 1 aromatic rings. The molecule has 1 heterocycles. The maximum Gasteiger partial charge on any atom is 0.306 e. The summed E-state index contributed by atoms with van der Waals surface area (Å²) in [5, 5.41) is 2.76. The van der Waals surface area contributed by atoms with Gasteiger partial charge in [-0.2, -0.15) is 0 Å². The van der Waals surface area contributed by atoms with Crippen LogP contribution in [-0.2, 0) is 24.3 Å². The SMILES string of the molecule is CC(OC(=O)CCCCCNS(=O)(=O)c1ccc2c(c1)OCCO2)C(=O)NC(C)(C)C. The first-order valence-electron chi connectivity index (χ1n) is 10.4. The molecule has 1 amide bonds. The summed E-state index contributed by atoms with van der Waals surface area (Å²) in [4.78, 5) is 23.9. The zero-order chi connectivity index (χ0) is 23.1. The molecule has 1 atom stereocenters. The average Bonchev–Trinajstić information content (AvgIpc) is 2.68. The minimum Gasteiger partial charge on any atom is -0.486 e. The lowest BCUT2D eigenvalue weighted by Crippen LogP contribution is -2.46. The van der Waals surface area contributed by atoms with Gasteiger partial charge < -0.3 is 19.5 Å². The van der Waals surface area contributed by atoms with Gasteiger partial charge in [0, 0.05) is 24.6 Å². The van der Waals surface area contributed by atoms with Crippen molar-refractivity contribution in [2.75, 3.05) is 19.8 Å². The molecule has 10 heteroatoms. The number of hydrogen-bond donors (Lipinski definition) is 2. The van der Waals surface area contributed by atoms with E-state index in [1.807, 2.05) is 20.8 Å². The highest BCUT2D eigenvalue weighted by Crippen LogP contribution is 2.32. The van der Waals surface area contributed by atoms with Gasteiger partial charge in [0.15, 0.2) is 17.6 Å². The lowest BCUT2D eigenvalue weighted by molar-refractivity contribution is -0.155. The maximum absolute atomic E-state index is 12.4. The third-order valence-electron chi connectivity index (χ3n) is 4.35. The first kappa shape index (κ1) is 24.9. The Morgan fingerprint density at radius 3 is 2.45 bits per heavy atom. The molecule has 1 aliphatic heterocycles. The van der Waals surface area contributed by atoms with Crippen molar-refractivity contribution in [3.05, 3.63) is 18.2 Å². The second-order valence-electron chi connectivity index (χ2n) is 8.39. The van der Waals surface area contributed by atoms with Crippen molar-refractivity contribution in [1.82, 2.24) is 10.0 Å². The molecular weight excluding hydrogens is 424 g/mol. The Hall–Kier alpha value is -2.33. The van der Waals surface area contributed by atoms with Gasteiger partial charge in [-0.05, 0) is 52.7 Å². The fraction of sp³-hybridized carbons (Fsp3) is 0.619. The van der Waals surface area contributed by atoms with Gasteiger partial charge in [0.2, 0.25) is 10.0 Å². The van der Waals surface area contributed by atoms with Crippen LogP contribution in [0.5, 0.6) is 11.5 Å². The summed E-state index contributed by atoms with van der Waals surface area (Å²) in [5.74, 6) is 0.156. The summed E-state index contributed by atoms with van der Waals surface area (Å²) < 4.78 is 43.3. The molecule has 0 aromatic heterocycles. The maximum atomic E-state index is 12.4. The monoisotopic (exact) mass is 456 g/mol. The van der Waals surface area contributed by atoms with Crippen molar-refractivity contribution in [2.45, 2.75) is 69.9 Å². The number of amides is 1. The fourth-order valence-corrected chi connectivity index (χ4v) is 3.92. The molecule has 1 aliphatic rings. The summed E-state index contributed by atoms with van der Waals surface area (Å²) in [6, 6.07) is 4.50. The Morgan fingerprint density at radius 1 is 1.10 bits per heavy atom. The molecule has 2 N–H and O–H groups in total. The van der Waals surface area contributed by atoms with Gasteiger partial charge in [0.25, 0.3) is 5.91 Å². The molecule has 0 saturated heterocycles. The Balaban J connectivity index is 1.66. The van der Waals surface area contributed by atoms with Crippen LogP contribution >= 0.6 is 0 Å². The van der Waals surface area contributed by atoms with Crippen LogP contribution in [0.1, 0.15) is 53.4 Å². The van der Waals surface area contributed by atoms with E-state index in [4.69, 9.17) is 14.2 Å². The Kier molecular flexibility index (Phi) is 8.69. The van der Waals surface area contributed by atoms with Crippen molar-refractivity contribution in [1.29, 1.82) is 0 Å². The van der Waals surface area contributed by atoms with Crippen molar-refractivity contribution in [3.8, 4) is 11.5 Å². The number of carbonyl (C=O) groups is 2. The predicted molar refractivity (Wildman–Crippen MR) is 115 cm³/mol. The molecule has 1 unspecified atom stereocenters. The smallest absolute Gasteiger partial charge is 0.306 e. The molecule has 0 spiro atoms. The van der Waals surface area contributed by atoms with Crippen LogP contribution in [0, 0.1) is 0 Å². The lowest BCUT2D eigenvalue weighted by atomic mass is 10.1. The molecule has 0 saturated carbocycles. The van der Waals surface area contributed by atoms with Crippen LogP contribution in [0.3, 0.4) is 0 Å². The van der Waals surface area contributed by atoms with Crippen LogP contribution < -0.4 is 19.5 Å². The van der Waals surface area contributed by atoms with Gasteiger partial charge >= 0.3 is 5.97 Å². The second-order valence-corrected chi connectivity index (χ2v) is 10.2. The van der Waals surface area contributed by atoms with Gasteiger partial charge in [0.05, 0.1) is 4.90 Å². The van der Waals surface area contributed by atoms with Crippen LogP contribution in [0.25, 0.3) is 0 Å². The average molecular weight is 457 g/mol. The molecule has 0 bridgehead atoms. The van der Waals surface area contributed by atoms with Gasteiger partial charge in [-0.25, -0.2) is 13.1 Å². The van der Waals surface area contributed by atoms with Gasteiger partial charge in [-0.3, -0.25) is 9.59 Å². The van der Waals surface area contributed by atoms with Crippen molar-refractivity contribution < 1.29 is 32.2 Å². The largest absolute Gasteiger partial charge is 0.486 e. The number of hydrogen-bond acceptors (Lipinski definition) is 7. The van der Waals surface area contributed by atoms with Crippen molar-refractivity contribution in [3.63, 3.8) is 0 Å². The highest BCUT2D eigenvalue weighted by Gasteiger charge is 2.22. The molecule has 174 valence electrons. The van der Waals surface area contributed by atoms with E-state index in [1.54, 1.807) is 6.07 Å². The van der Waals surface area contributed by atoms with Gasteiger partial charge in [-0.1, -0.05) is 6.42 Å². The number of sulfonamides is 1. The number of carbonyl (C=O) groups excluding carboxylic acids is 2. The Morgan fingerprint density at radius 2 is 1.77 bits per heavy atom. The summed E-state index contributed by atoms with van der Waals surface area (Å²) in [5.41, 5.74) is -0.398. The number of fused-ring (bicyclic) bond motifs is 1. The lowest BCUT2D eigenvalue weighted by Gasteiger charge is -2.23.